The van der Waals surface area contributed by atoms with Crippen LogP contribution in [0.25, 0.3) is 0 Å². The number of ether oxygens (including phenoxy) is 1. The first-order valence-corrected chi connectivity index (χ1v) is 8.70. The molecule has 0 saturated carbocycles. The van der Waals surface area contributed by atoms with Crippen LogP contribution in [0.15, 0.2) is 41.7 Å². The van der Waals surface area contributed by atoms with E-state index in [0.717, 1.165) is 30.4 Å². The van der Waals surface area contributed by atoms with Gasteiger partial charge in [0.15, 0.2) is 5.82 Å². The number of nitrogens with one attached hydrogen (secondary N) is 2. The fraction of sp³-hybridized carbons (Fsp3) is 0.389. The monoisotopic (exact) mass is 356 g/mol. The third-order valence-corrected chi connectivity index (χ3v) is 4.58. The second-order valence-electron chi connectivity index (χ2n) is 6.35. The molecule has 1 fully saturated rings. The van der Waals surface area contributed by atoms with Gasteiger partial charge in [-0.2, -0.15) is 0 Å². The lowest BCUT2D eigenvalue weighted by molar-refractivity contribution is 0.100. The van der Waals surface area contributed by atoms with Gasteiger partial charge in [-0.15, -0.1) is 0 Å². The van der Waals surface area contributed by atoms with Crippen LogP contribution in [0.5, 0.6) is 5.75 Å². The second kappa shape index (κ2) is 7.35. The molecule has 26 heavy (non-hydrogen) atoms. The second-order valence-corrected chi connectivity index (χ2v) is 6.35. The predicted octanol–water partition coefficient (Wildman–Crippen LogP) is 1.62. The zero-order chi connectivity index (χ0) is 17.9. The molecule has 0 spiro atoms. The molecule has 2 aromatic rings. The van der Waals surface area contributed by atoms with E-state index in [9.17, 15) is 4.39 Å². The van der Waals surface area contributed by atoms with Crippen molar-refractivity contribution in [1.29, 1.82) is 0 Å². The number of aliphatic imine (C=N–C) groups is 1. The van der Waals surface area contributed by atoms with E-state index in [1.165, 1.54) is 12.4 Å². The molecule has 2 N–H and O–H groups in total. The summed E-state index contributed by atoms with van der Waals surface area (Å²) in [5.41, 5.74) is 0.826. The maximum Gasteiger partial charge on any atom is 0.159 e. The lowest BCUT2D eigenvalue weighted by Crippen LogP contribution is -2.56. The first-order chi connectivity index (χ1) is 12.7. The van der Waals surface area contributed by atoms with Gasteiger partial charge in [-0.05, 0) is 19.1 Å². The summed E-state index contributed by atoms with van der Waals surface area (Å²) in [5, 5.41) is 6.79. The van der Waals surface area contributed by atoms with Gasteiger partial charge in [-0.1, -0.05) is 12.1 Å². The maximum atomic E-state index is 13.1. The van der Waals surface area contributed by atoms with E-state index in [-0.39, 0.29) is 12.2 Å². The molecule has 3 heterocycles. The minimum Gasteiger partial charge on any atom is -0.483 e. The predicted molar refractivity (Wildman–Crippen MR) is 95.9 cm³/mol. The van der Waals surface area contributed by atoms with Crippen LogP contribution in [0, 0.1) is 5.82 Å². The number of aromatic nitrogens is 2. The smallest absolute Gasteiger partial charge is 0.159 e. The Labute approximate surface area is 151 Å². The molecule has 8 heteroatoms. The lowest BCUT2D eigenvalue weighted by atomic mass is 10.1. The molecule has 1 aromatic carbocycles. The van der Waals surface area contributed by atoms with Crippen molar-refractivity contribution in [3.05, 3.63) is 48.3 Å². The van der Waals surface area contributed by atoms with Crippen molar-refractivity contribution in [1.82, 2.24) is 25.5 Å². The summed E-state index contributed by atoms with van der Waals surface area (Å²) in [5.74, 6) is 1.76. The highest BCUT2D eigenvalue weighted by molar-refractivity contribution is 5.88. The minimum absolute atomic E-state index is 0.00312. The van der Waals surface area contributed by atoms with Gasteiger partial charge in [-0.25, -0.2) is 19.4 Å². The number of benzene rings is 1. The van der Waals surface area contributed by atoms with Gasteiger partial charge in [0.2, 0.25) is 0 Å². The van der Waals surface area contributed by atoms with E-state index in [1.807, 2.05) is 24.3 Å². The van der Waals surface area contributed by atoms with Crippen LogP contribution in [0.2, 0.25) is 0 Å². The highest BCUT2D eigenvalue weighted by Gasteiger charge is 2.30. The number of rotatable bonds is 3. The van der Waals surface area contributed by atoms with Crippen LogP contribution < -0.4 is 15.4 Å². The fourth-order valence-electron chi connectivity index (χ4n) is 3.31. The molecule has 1 saturated heterocycles. The molecule has 2 aliphatic rings. The Morgan fingerprint density at radius 2 is 2.12 bits per heavy atom. The quantitative estimate of drug-likeness (QED) is 0.871. The Hall–Kier alpha value is -2.58. The number of para-hydroxylation sites is 2. The van der Waals surface area contributed by atoms with Crippen LogP contribution in [0.1, 0.15) is 18.8 Å². The molecule has 0 amide bonds. The van der Waals surface area contributed by atoms with Gasteiger partial charge in [0.25, 0.3) is 0 Å². The summed E-state index contributed by atoms with van der Waals surface area (Å²) in [7, 11) is 0. The summed E-state index contributed by atoms with van der Waals surface area (Å²) in [6.07, 6.45) is 2.43. The molecule has 2 unspecified atom stereocenters. The van der Waals surface area contributed by atoms with Crippen molar-refractivity contribution in [2.24, 2.45) is 4.99 Å². The Kier molecular flexibility index (Phi) is 4.77. The zero-order valence-corrected chi connectivity index (χ0v) is 14.5. The van der Waals surface area contributed by atoms with Crippen molar-refractivity contribution in [2.45, 2.75) is 19.1 Å². The summed E-state index contributed by atoms with van der Waals surface area (Å²) >= 11 is 0. The molecule has 136 valence electrons. The molecule has 4 rings (SSSR count). The van der Waals surface area contributed by atoms with Crippen molar-refractivity contribution in [3.8, 4) is 5.75 Å². The summed E-state index contributed by atoms with van der Waals surface area (Å²) in [4.78, 5) is 15.2. The van der Waals surface area contributed by atoms with Gasteiger partial charge in [0.1, 0.15) is 29.7 Å². The molecule has 7 nitrogen and oxygen atoms in total. The molecule has 2 aliphatic heterocycles. The first-order valence-electron chi connectivity index (χ1n) is 8.70. The minimum atomic E-state index is -0.428. The normalized spacial score (nSPS) is 21.3. The molecule has 1 aromatic heterocycles. The van der Waals surface area contributed by atoms with E-state index < -0.39 is 5.82 Å². The average molecular weight is 356 g/mol. The highest BCUT2D eigenvalue weighted by atomic mass is 19.1. The van der Waals surface area contributed by atoms with Crippen LogP contribution in [-0.2, 0) is 0 Å². The van der Waals surface area contributed by atoms with Crippen LogP contribution in [0.3, 0.4) is 0 Å². The van der Waals surface area contributed by atoms with Gasteiger partial charge < -0.3 is 15.4 Å². The molecule has 0 radical (unpaired) electrons. The van der Waals surface area contributed by atoms with Crippen molar-refractivity contribution >= 4 is 11.5 Å². The fourth-order valence-corrected chi connectivity index (χ4v) is 3.31. The molecule has 2 atom stereocenters. The van der Waals surface area contributed by atoms with Gasteiger partial charge in [-0.3, -0.25) is 4.90 Å². The largest absolute Gasteiger partial charge is 0.483 e. The van der Waals surface area contributed by atoms with Crippen molar-refractivity contribution in [3.63, 3.8) is 0 Å². The van der Waals surface area contributed by atoms with E-state index in [1.54, 1.807) is 0 Å². The van der Waals surface area contributed by atoms with Crippen molar-refractivity contribution < 1.29 is 9.13 Å². The molecular formula is C18H21FN6O. The number of fused-ring (bicyclic) bond motifs is 1. The zero-order valence-electron chi connectivity index (χ0n) is 14.5. The van der Waals surface area contributed by atoms with Gasteiger partial charge in [0.05, 0.1) is 24.6 Å². The summed E-state index contributed by atoms with van der Waals surface area (Å²) in [6.45, 7) is 4.89. The van der Waals surface area contributed by atoms with Crippen LogP contribution >= 0.6 is 0 Å². The highest BCUT2D eigenvalue weighted by Crippen LogP contribution is 2.29. The number of halogens is 1. The Morgan fingerprint density at radius 3 is 2.96 bits per heavy atom. The molecule has 0 aliphatic carbocycles. The third-order valence-electron chi connectivity index (χ3n) is 4.58. The number of hydrogen-bond donors (Lipinski definition) is 2. The number of amidine groups is 1. The third kappa shape index (κ3) is 3.51. The van der Waals surface area contributed by atoms with Gasteiger partial charge >= 0.3 is 0 Å². The van der Waals surface area contributed by atoms with E-state index >= 15 is 0 Å². The van der Waals surface area contributed by atoms with Gasteiger partial charge in [0, 0.05) is 19.6 Å². The Balaban J connectivity index is 1.50. The SMILES string of the molecule is CC(NC1=Nc2ccccc2OC1)N1CCNCC1c1ncc(F)cn1. The number of nitrogens with zero attached hydrogens (tertiary/aromatic N) is 4. The van der Waals surface area contributed by atoms with E-state index in [0.29, 0.717) is 19.0 Å². The number of hydrogen-bond acceptors (Lipinski definition) is 7. The topological polar surface area (TPSA) is 74.7 Å². The van der Waals surface area contributed by atoms with Crippen LogP contribution in [0.4, 0.5) is 10.1 Å². The molecule has 0 bridgehead atoms. The van der Waals surface area contributed by atoms with Crippen molar-refractivity contribution in [2.75, 3.05) is 26.2 Å². The number of piperazine rings is 1. The Bertz CT molecular complexity index is 797. The summed E-state index contributed by atoms with van der Waals surface area (Å²) in [6, 6.07) is 7.68. The first kappa shape index (κ1) is 16.9. The van der Waals surface area contributed by atoms with E-state index in [4.69, 9.17) is 4.74 Å². The average Bonchev–Trinajstić information content (AvgIpc) is 2.68. The summed E-state index contributed by atoms with van der Waals surface area (Å²) < 4.78 is 18.9. The molecular weight excluding hydrogens is 335 g/mol. The Morgan fingerprint density at radius 1 is 1.31 bits per heavy atom. The maximum absolute atomic E-state index is 13.1. The standard InChI is InChI=1S/C18H21FN6O/c1-12(23-17-11-26-16-5-3-2-4-14(16)24-17)25-7-6-20-10-15(25)18-21-8-13(19)9-22-18/h2-5,8-9,12,15,20H,6-7,10-11H2,1H3,(H,23,24). The van der Waals surface area contributed by atoms with Crippen LogP contribution in [-0.4, -0.2) is 53.1 Å². The van der Waals surface area contributed by atoms with E-state index in [2.05, 4.69) is 37.4 Å². The lowest BCUT2D eigenvalue weighted by Gasteiger charge is -2.40.